The molecule has 1 N–H and O–H groups in total. The molecule has 4 rings (SSSR count). The predicted octanol–water partition coefficient (Wildman–Crippen LogP) is 3.63. The number of hydrogen-bond donors (Lipinski definition) is 1. The van der Waals surface area contributed by atoms with Crippen molar-refractivity contribution in [1.82, 2.24) is 25.6 Å². The third-order valence-electron chi connectivity index (χ3n) is 4.67. The number of ether oxygens (including phenoxy) is 2. The Bertz CT molecular complexity index is 1300. The summed E-state index contributed by atoms with van der Waals surface area (Å²) in [6, 6.07) is 20.7. The van der Waals surface area contributed by atoms with Gasteiger partial charge in [0.1, 0.15) is 23.9 Å². The molecule has 4 aromatic rings. The fourth-order valence-corrected chi connectivity index (χ4v) is 3.41. The summed E-state index contributed by atoms with van der Waals surface area (Å²) in [5.74, 6) is 0.791. The molecule has 0 atom stereocenters. The van der Waals surface area contributed by atoms with Crippen LogP contribution in [0.2, 0.25) is 0 Å². The van der Waals surface area contributed by atoms with Gasteiger partial charge in [-0.2, -0.15) is 5.10 Å². The molecule has 11 heteroatoms. The first-order chi connectivity index (χ1) is 17.1. The van der Waals surface area contributed by atoms with Crippen LogP contribution < -0.4 is 14.9 Å². The van der Waals surface area contributed by atoms with Crippen molar-refractivity contribution in [3.63, 3.8) is 0 Å². The number of nitrogens with zero attached hydrogens (tertiary/aromatic N) is 5. The topological polar surface area (TPSA) is 104 Å². The van der Waals surface area contributed by atoms with Crippen LogP contribution in [0.25, 0.3) is 5.69 Å². The Morgan fingerprint density at radius 3 is 2.57 bits per heavy atom. The van der Waals surface area contributed by atoms with Gasteiger partial charge in [-0.3, -0.25) is 4.79 Å². The minimum Gasteiger partial charge on any atom is -0.497 e. The van der Waals surface area contributed by atoms with E-state index < -0.39 is 0 Å². The van der Waals surface area contributed by atoms with Crippen molar-refractivity contribution in [2.24, 2.45) is 5.10 Å². The number of carbonyl (C=O) groups excluding carboxylic acids is 1. The molecule has 0 unspecified atom stereocenters. The van der Waals surface area contributed by atoms with Crippen LogP contribution in [-0.2, 0) is 11.4 Å². The maximum Gasteiger partial charge on any atom is 0.250 e. The number of hydrogen-bond acceptors (Lipinski definition) is 8. The van der Waals surface area contributed by atoms with Crippen molar-refractivity contribution in [2.75, 3.05) is 12.9 Å². The van der Waals surface area contributed by atoms with Crippen LogP contribution in [0, 0.1) is 5.82 Å². The van der Waals surface area contributed by atoms with E-state index in [0.717, 1.165) is 28.8 Å². The third kappa shape index (κ3) is 6.87. The van der Waals surface area contributed by atoms with Crippen LogP contribution in [-0.4, -0.2) is 45.2 Å². The molecule has 1 aromatic heterocycles. The number of tetrazole rings is 1. The smallest absolute Gasteiger partial charge is 0.250 e. The summed E-state index contributed by atoms with van der Waals surface area (Å²) in [4.78, 5) is 13.4. The second-order valence-corrected chi connectivity index (χ2v) is 8.03. The van der Waals surface area contributed by atoms with Gasteiger partial charge < -0.3 is 9.47 Å². The van der Waals surface area contributed by atoms with Gasteiger partial charge >= 0.3 is 0 Å². The molecule has 0 aliphatic carbocycles. The van der Waals surface area contributed by atoms with Gasteiger partial charge in [0, 0.05) is 5.56 Å². The fraction of sp³-hybridized carbons (Fsp3) is 0.125. The van der Waals surface area contributed by atoms with E-state index in [1.165, 1.54) is 17.1 Å². The lowest BCUT2D eigenvalue weighted by molar-refractivity contribution is -0.118. The summed E-state index contributed by atoms with van der Waals surface area (Å²) in [5, 5.41) is 16.5. The van der Waals surface area contributed by atoms with Gasteiger partial charge in [-0.25, -0.2) is 9.82 Å². The molecule has 9 nitrogen and oxygen atoms in total. The molecule has 3 aromatic carbocycles. The highest BCUT2D eigenvalue weighted by atomic mass is 32.2. The molecule has 0 aliphatic heterocycles. The van der Waals surface area contributed by atoms with Gasteiger partial charge in [0.05, 0.1) is 24.8 Å². The number of benzene rings is 3. The first-order valence-corrected chi connectivity index (χ1v) is 11.4. The van der Waals surface area contributed by atoms with Crippen LogP contribution in [0.3, 0.4) is 0 Å². The molecular weight excluding hydrogens is 471 g/mol. The molecular formula is C24H21FN6O3S. The number of methoxy groups -OCH3 is 1. The van der Waals surface area contributed by atoms with Gasteiger partial charge in [0.15, 0.2) is 0 Å². The maximum atomic E-state index is 13.7. The van der Waals surface area contributed by atoms with Gasteiger partial charge in [-0.1, -0.05) is 30.0 Å². The number of thioether (sulfide) groups is 1. The molecule has 0 bridgehead atoms. The third-order valence-corrected chi connectivity index (χ3v) is 5.49. The molecule has 0 aliphatic rings. The zero-order chi connectivity index (χ0) is 24.5. The molecule has 0 fully saturated rings. The van der Waals surface area contributed by atoms with Crippen LogP contribution in [0.4, 0.5) is 4.39 Å². The number of halogens is 1. The van der Waals surface area contributed by atoms with E-state index in [4.69, 9.17) is 9.47 Å². The van der Waals surface area contributed by atoms with E-state index >= 15 is 0 Å². The molecule has 0 saturated carbocycles. The van der Waals surface area contributed by atoms with Crippen molar-refractivity contribution in [2.45, 2.75) is 11.8 Å². The number of hydrazone groups is 1. The van der Waals surface area contributed by atoms with Crippen molar-refractivity contribution in [3.05, 3.63) is 89.7 Å². The van der Waals surface area contributed by atoms with E-state index in [-0.39, 0.29) is 24.1 Å². The Hall–Kier alpha value is -4.25. The van der Waals surface area contributed by atoms with Crippen LogP contribution in [0.5, 0.6) is 11.5 Å². The quantitative estimate of drug-likeness (QED) is 0.205. The summed E-state index contributed by atoms with van der Waals surface area (Å²) in [6.45, 7) is 0.135. The Kier molecular flexibility index (Phi) is 8.02. The normalized spacial score (nSPS) is 10.9. The largest absolute Gasteiger partial charge is 0.497 e. The van der Waals surface area contributed by atoms with Crippen molar-refractivity contribution < 1.29 is 18.7 Å². The Labute approximate surface area is 205 Å². The summed E-state index contributed by atoms with van der Waals surface area (Å²) in [5.41, 5.74) is 4.43. The zero-order valence-electron chi connectivity index (χ0n) is 18.7. The van der Waals surface area contributed by atoms with Gasteiger partial charge in [-0.15, -0.1) is 15.0 Å². The molecule has 0 saturated heterocycles. The van der Waals surface area contributed by atoms with Crippen LogP contribution in [0.1, 0.15) is 11.1 Å². The van der Waals surface area contributed by atoms with Crippen LogP contribution in [0.15, 0.2) is 83.1 Å². The van der Waals surface area contributed by atoms with E-state index in [9.17, 15) is 9.18 Å². The highest BCUT2D eigenvalue weighted by Crippen LogP contribution is 2.16. The average Bonchev–Trinajstić information content (AvgIpc) is 3.37. The number of amides is 1. The van der Waals surface area contributed by atoms with Crippen molar-refractivity contribution >= 4 is 23.9 Å². The summed E-state index contributed by atoms with van der Waals surface area (Å²) < 4.78 is 24.4. The van der Waals surface area contributed by atoms with E-state index in [1.807, 2.05) is 0 Å². The summed E-state index contributed by atoms with van der Waals surface area (Å²) in [7, 11) is 1.59. The lowest BCUT2D eigenvalue weighted by Gasteiger charge is -2.07. The fourth-order valence-electron chi connectivity index (χ4n) is 2.85. The van der Waals surface area contributed by atoms with Gasteiger partial charge in [0.2, 0.25) is 5.16 Å². The van der Waals surface area contributed by atoms with E-state index in [1.54, 1.807) is 73.8 Å². The van der Waals surface area contributed by atoms with Gasteiger partial charge in [0.25, 0.3) is 5.91 Å². The van der Waals surface area contributed by atoms with E-state index in [0.29, 0.717) is 16.5 Å². The summed E-state index contributed by atoms with van der Waals surface area (Å²) >= 11 is 1.15. The Morgan fingerprint density at radius 1 is 1.09 bits per heavy atom. The first-order valence-electron chi connectivity index (χ1n) is 10.5. The first kappa shape index (κ1) is 23.9. The number of carbonyl (C=O) groups is 1. The molecule has 1 amide bonds. The van der Waals surface area contributed by atoms with Crippen molar-refractivity contribution in [1.29, 1.82) is 0 Å². The second kappa shape index (κ2) is 11.7. The number of aromatic nitrogens is 4. The second-order valence-electron chi connectivity index (χ2n) is 7.09. The monoisotopic (exact) mass is 492 g/mol. The molecule has 1 heterocycles. The van der Waals surface area contributed by atoms with Crippen molar-refractivity contribution in [3.8, 4) is 17.2 Å². The highest BCUT2D eigenvalue weighted by molar-refractivity contribution is 7.99. The Morgan fingerprint density at radius 2 is 1.83 bits per heavy atom. The summed E-state index contributed by atoms with van der Waals surface area (Å²) in [6.07, 6.45) is 1.52. The van der Waals surface area contributed by atoms with Crippen LogP contribution >= 0.6 is 11.8 Å². The number of nitrogens with one attached hydrogen (secondary N) is 1. The molecule has 0 spiro atoms. The SMILES string of the molecule is COc1ccc(-n2nnc(SCC(=O)N/N=C/c3ccc(OCc4ccccc4F)cc3)n2)cc1. The van der Waals surface area contributed by atoms with E-state index in [2.05, 4.69) is 25.9 Å². The number of rotatable bonds is 10. The standard InChI is InChI=1S/C24H21FN6O3S/c1-33-20-12-8-19(9-13-20)31-29-24(28-30-31)35-16-23(32)27-26-14-17-6-10-21(11-7-17)34-15-18-4-2-3-5-22(18)25/h2-14H,15-16H2,1H3,(H,27,32)/b26-14+. The van der Waals surface area contributed by atoms with Gasteiger partial charge in [-0.05, 0) is 65.4 Å². The minimum atomic E-state index is -0.308. The predicted molar refractivity (Wildman–Crippen MR) is 129 cm³/mol. The lowest BCUT2D eigenvalue weighted by atomic mass is 10.2. The average molecular weight is 493 g/mol. The molecule has 0 radical (unpaired) electrons. The highest BCUT2D eigenvalue weighted by Gasteiger charge is 2.09. The lowest BCUT2D eigenvalue weighted by Crippen LogP contribution is -2.19. The Balaban J connectivity index is 1.21. The maximum absolute atomic E-state index is 13.7. The minimum absolute atomic E-state index is 0.0778. The molecule has 35 heavy (non-hydrogen) atoms. The molecule has 178 valence electrons. The zero-order valence-corrected chi connectivity index (χ0v) is 19.5.